The second kappa shape index (κ2) is 6.70. The van der Waals surface area contributed by atoms with Crippen molar-refractivity contribution in [2.24, 2.45) is 5.92 Å². The van der Waals surface area contributed by atoms with Crippen LogP contribution in [0.3, 0.4) is 0 Å². The molecule has 1 unspecified atom stereocenters. The van der Waals surface area contributed by atoms with Gasteiger partial charge in [0.2, 0.25) is 0 Å². The van der Waals surface area contributed by atoms with Crippen molar-refractivity contribution in [2.45, 2.75) is 53.1 Å². The summed E-state index contributed by atoms with van der Waals surface area (Å²) in [5.41, 5.74) is 2.91. The van der Waals surface area contributed by atoms with Crippen molar-refractivity contribution < 1.29 is 0 Å². The lowest BCUT2D eigenvalue weighted by Gasteiger charge is -2.17. The third kappa shape index (κ3) is 4.36. The summed E-state index contributed by atoms with van der Waals surface area (Å²) in [5, 5.41) is 3.60. The van der Waals surface area contributed by atoms with Crippen LogP contribution in [0.4, 0.5) is 0 Å². The van der Waals surface area contributed by atoms with Crippen LogP contribution >= 0.6 is 0 Å². The summed E-state index contributed by atoms with van der Waals surface area (Å²) >= 11 is 0. The molecule has 0 aliphatic heterocycles. The van der Waals surface area contributed by atoms with Crippen molar-refractivity contribution in [1.82, 2.24) is 5.32 Å². The normalized spacial score (nSPS) is 13.1. The van der Waals surface area contributed by atoms with Crippen LogP contribution in [0.15, 0.2) is 24.3 Å². The summed E-state index contributed by atoms with van der Waals surface area (Å²) in [6.07, 6.45) is 2.37. The SMILES string of the molecule is CCc1ccccc1CNC(C)CC(C)C. The Morgan fingerprint density at radius 1 is 1.06 bits per heavy atom. The monoisotopic (exact) mass is 219 g/mol. The third-order valence-electron chi connectivity index (χ3n) is 2.97. The van der Waals surface area contributed by atoms with Crippen molar-refractivity contribution >= 4 is 0 Å². The Hall–Kier alpha value is -0.820. The molecule has 0 saturated heterocycles. The number of hydrogen-bond acceptors (Lipinski definition) is 1. The Morgan fingerprint density at radius 3 is 2.25 bits per heavy atom. The van der Waals surface area contributed by atoms with Gasteiger partial charge in [0.1, 0.15) is 0 Å². The Balaban J connectivity index is 2.47. The van der Waals surface area contributed by atoms with Gasteiger partial charge < -0.3 is 5.32 Å². The maximum absolute atomic E-state index is 3.60. The highest BCUT2D eigenvalue weighted by Crippen LogP contribution is 2.10. The molecule has 1 nitrogen and oxygen atoms in total. The maximum Gasteiger partial charge on any atom is 0.0210 e. The Labute approximate surface area is 100 Å². The molecule has 1 aromatic carbocycles. The lowest BCUT2D eigenvalue weighted by Crippen LogP contribution is -2.27. The van der Waals surface area contributed by atoms with E-state index < -0.39 is 0 Å². The minimum atomic E-state index is 0.602. The summed E-state index contributed by atoms with van der Waals surface area (Å²) in [6.45, 7) is 10.0. The first-order valence-electron chi connectivity index (χ1n) is 6.43. The molecular weight excluding hydrogens is 194 g/mol. The van der Waals surface area contributed by atoms with Gasteiger partial charge in [-0.3, -0.25) is 0 Å². The summed E-state index contributed by atoms with van der Waals surface area (Å²) in [7, 11) is 0. The van der Waals surface area contributed by atoms with Gasteiger partial charge in [-0.25, -0.2) is 0 Å². The molecule has 1 aromatic rings. The molecule has 0 heterocycles. The van der Waals surface area contributed by atoms with Crippen LogP contribution < -0.4 is 5.32 Å². The van der Waals surface area contributed by atoms with E-state index >= 15 is 0 Å². The molecule has 0 aliphatic rings. The highest BCUT2D eigenvalue weighted by Gasteiger charge is 2.05. The van der Waals surface area contributed by atoms with Gasteiger partial charge in [0.15, 0.2) is 0 Å². The molecule has 0 saturated carbocycles. The van der Waals surface area contributed by atoms with Crippen LogP contribution in [-0.4, -0.2) is 6.04 Å². The average Bonchev–Trinajstić information content (AvgIpc) is 2.26. The molecule has 0 fully saturated rings. The second-order valence-corrected chi connectivity index (χ2v) is 5.03. The van der Waals surface area contributed by atoms with Crippen molar-refractivity contribution in [3.63, 3.8) is 0 Å². The van der Waals surface area contributed by atoms with Gasteiger partial charge in [0, 0.05) is 12.6 Å². The fourth-order valence-corrected chi connectivity index (χ4v) is 2.15. The molecule has 0 bridgehead atoms. The predicted octanol–water partition coefficient (Wildman–Crippen LogP) is 3.77. The van der Waals surface area contributed by atoms with Gasteiger partial charge in [-0.2, -0.15) is 0 Å². The zero-order valence-electron chi connectivity index (χ0n) is 11.1. The molecule has 90 valence electrons. The van der Waals surface area contributed by atoms with E-state index in [1.807, 2.05) is 0 Å². The fraction of sp³-hybridized carbons (Fsp3) is 0.600. The summed E-state index contributed by atoms with van der Waals surface area (Å²) < 4.78 is 0. The van der Waals surface area contributed by atoms with E-state index in [9.17, 15) is 0 Å². The summed E-state index contributed by atoms with van der Waals surface area (Å²) in [4.78, 5) is 0. The van der Waals surface area contributed by atoms with Gasteiger partial charge >= 0.3 is 0 Å². The molecule has 0 amide bonds. The van der Waals surface area contributed by atoms with Crippen LogP contribution in [0.5, 0.6) is 0 Å². The Morgan fingerprint density at radius 2 is 1.69 bits per heavy atom. The predicted molar refractivity (Wildman–Crippen MR) is 71.6 cm³/mol. The van der Waals surface area contributed by atoms with E-state index in [4.69, 9.17) is 0 Å². The lowest BCUT2D eigenvalue weighted by molar-refractivity contribution is 0.441. The quantitative estimate of drug-likeness (QED) is 0.768. The van der Waals surface area contributed by atoms with Crippen LogP contribution in [-0.2, 0) is 13.0 Å². The van der Waals surface area contributed by atoms with E-state index in [0.29, 0.717) is 6.04 Å². The van der Waals surface area contributed by atoms with Crippen LogP contribution in [0.25, 0.3) is 0 Å². The molecular formula is C15H25N. The lowest BCUT2D eigenvalue weighted by atomic mass is 10.0. The van der Waals surface area contributed by atoms with Crippen LogP contribution in [0.2, 0.25) is 0 Å². The molecule has 0 spiro atoms. The standard InChI is InChI=1S/C15H25N/c1-5-14-8-6-7-9-15(14)11-16-13(4)10-12(2)3/h6-9,12-13,16H,5,10-11H2,1-4H3. The molecule has 1 atom stereocenters. The highest BCUT2D eigenvalue weighted by atomic mass is 14.9. The van der Waals surface area contributed by atoms with Crippen LogP contribution in [0.1, 0.15) is 45.2 Å². The number of nitrogens with one attached hydrogen (secondary N) is 1. The molecule has 1 heteroatoms. The average molecular weight is 219 g/mol. The molecule has 1 rings (SSSR count). The zero-order chi connectivity index (χ0) is 12.0. The largest absolute Gasteiger partial charge is 0.310 e. The number of benzene rings is 1. The van der Waals surface area contributed by atoms with E-state index in [1.54, 1.807) is 0 Å². The smallest absolute Gasteiger partial charge is 0.0210 e. The van der Waals surface area contributed by atoms with E-state index in [1.165, 1.54) is 17.5 Å². The highest BCUT2D eigenvalue weighted by molar-refractivity contribution is 5.26. The molecule has 0 aromatic heterocycles. The Kier molecular flexibility index (Phi) is 5.54. The van der Waals surface area contributed by atoms with E-state index in [0.717, 1.165) is 18.9 Å². The molecule has 1 N–H and O–H groups in total. The van der Waals surface area contributed by atoms with Gasteiger partial charge in [0.05, 0.1) is 0 Å². The van der Waals surface area contributed by atoms with E-state index in [2.05, 4.69) is 57.3 Å². The van der Waals surface area contributed by atoms with Gasteiger partial charge in [-0.1, -0.05) is 45.0 Å². The van der Waals surface area contributed by atoms with Gasteiger partial charge in [-0.05, 0) is 36.8 Å². The van der Waals surface area contributed by atoms with Gasteiger partial charge in [-0.15, -0.1) is 0 Å². The minimum Gasteiger partial charge on any atom is -0.310 e. The van der Waals surface area contributed by atoms with Crippen molar-refractivity contribution in [3.8, 4) is 0 Å². The van der Waals surface area contributed by atoms with Gasteiger partial charge in [0.25, 0.3) is 0 Å². The molecule has 0 aliphatic carbocycles. The van der Waals surface area contributed by atoms with Crippen molar-refractivity contribution in [3.05, 3.63) is 35.4 Å². The van der Waals surface area contributed by atoms with E-state index in [-0.39, 0.29) is 0 Å². The first-order valence-corrected chi connectivity index (χ1v) is 6.43. The molecule has 0 radical (unpaired) electrons. The summed E-state index contributed by atoms with van der Waals surface area (Å²) in [5.74, 6) is 0.768. The number of hydrogen-bond donors (Lipinski definition) is 1. The fourth-order valence-electron chi connectivity index (χ4n) is 2.15. The maximum atomic E-state index is 3.60. The Bertz CT molecular complexity index is 304. The first kappa shape index (κ1) is 13.2. The number of rotatable bonds is 6. The van der Waals surface area contributed by atoms with Crippen LogP contribution in [0, 0.1) is 5.92 Å². The van der Waals surface area contributed by atoms with Crippen molar-refractivity contribution in [2.75, 3.05) is 0 Å². The van der Waals surface area contributed by atoms with Crippen molar-refractivity contribution in [1.29, 1.82) is 0 Å². The minimum absolute atomic E-state index is 0.602. The number of aryl methyl sites for hydroxylation is 1. The topological polar surface area (TPSA) is 12.0 Å². The molecule has 16 heavy (non-hydrogen) atoms. The summed E-state index contributed by atoms with van der Waals surface area (Å²) in [6, 6.07) is 9.31. The second-order valence-electron chi connectivity index (χ2n) is 5.03. The zero-order valence-corrected chi connectivity index (χ0v) is 11.1. The third-order valence-corrected chi connectivity index (χ3v) is 2.97. The first-order chi connectivity index (χ1) is 7.63.